The van der Waals surface area contributed by atoms with Gasteiger partial charge in [-0.2, -0.15) is 19.6 Å². The second kappa shape index (κ2) is 22.6. The molecule has 0 radical (unpaired) electrons. The maximum atomic E-state index is 12.0. The first-order valence-corrected chi connectivity index (χ1v) is 19.5. The fraction of sp³-hybridized carbons (Fsp3) is 0.500. The number of carbonyl (C=O) groups is 1. The van der Waals surface area contributed by atoms with Gasteiger partial charge in [0.25, 0.3) is 0 Å². The third-order valence-electron chi connectivity index (χ3n) is 4.60. The van der Waals surface area contributed by atoms with Gasteiger partial charge in [0, 0.05) is 24.6 Å². The van der Waals surface area contributed by atoms with Gasteiger partial charge >= 0.3 is 11.7 Å². The maximum Gasteiger partial charge on any atom is 0.442 e. The van der Waals surface area contributed by atoms with E-state index in [1.165, 1.54) is 12.1 Å². The summed E-state index contributed by atoms with van der Waals surface area (Å²) in [6.45, 7) is 10.6. The van der Waals surface area contributed by atoms with E-state index >= 15 is 0 Å². The number of hydrogen-bond donors (Lipinski definition) is 5. The molecule has 1 aromatic carbocycles. The molecule has 3 rings (SSSR count). The predicted molar refractivity (Wildman–Crippen MR) is 194 cm³/mol. The summed E-state index contributed by atoms with van der Waals surface area (Å²) in [7, 11) is -3.71. The Kier molecular flexibility index (Phi) is 21.2. The number of hydrogen-bond acceptors (Lipinski definition) is 13. The summed E-state index contributed by atoms with van der Waals surface area (Å²) >= 11 is 17.9. The van der Waals surface area contributed by atoms with Gasteiger partial charge in [-0.3, -0.25) is 10.1 Å². The molecule has 274 valence electrons. The van der Waals surface area contributed by atoms with Crippen LogP contribution in [0, 0.1) is 12.3 Å². The Hall–Kier alpha value is -3.07. The Morgan fingerprint density at radius 3 is 2.04 bits per heavy atom. The van der Waals surface area contributed by atoms with Gasteiger partial charge in [-0.15, -0.1) is 11.5 Å². The molecule has 0 saturated carbocycles. The van der Waals surface area contributed by atoms with Gasteiger partial charge in [0.05, 0.1) is 47.3 Å². The highest BCUT2D eigenvalue weighted by atomic mass is 35.5. The summed E-state index contributed by atoms with van der Waals surface area (Å²) in [5.74, 6) is 2.13. The molecule has 0 amide bonds. The zero-order valence-electron chi connectivity index (χ0n) is 28.3. The molecular formula is C28H42Cl3N8O8PS. The highest BCUT2D eigenvalue weighted by molar-refractivity contribution is 7.94. The number of ether oxygens (including phenoxy) is 1. The molecule has 5 N–H and O–H groups in total. The van der Waals surface area contributed by atoms with Gasteiger partial charge in [-0.05, 0) is 42.4 Å². The van der Waals surface area contributed by atoms with E-state index in [1.54, 1.807) is 0 Å². The van der Waals surface area contributed by atoms with Crippen LogP contribution < -0.4 is 31.3 Å². The lowest BCUT2D eigenvalue weighted by Crippen LogP contribution is -2.25. The average Bonchev–Trinajstić information content (AvgIpc) is 3.34. The van der Waals surface area contributed by atoms with Crippen LogP contribution in [0.5, 0.6) is 5.75 Å². The van der Waals surface area contributed by atoms with Crippen LogP contribution in [0.3, 0.4) is 0 Å². The number of carboxylic acid groups (broad SMARTS) is 1. The van der Waals surface area contributed by atoms with Gasteiger partial charge in [0.2, 0.25) is 23.1 Å². The first kappa shape index (κ1) is 45.9. The molecule has 2 heterocycles. The number of aliphatic carboxylic acids is 1. The molecule has 21 heteroatoms. The Labute approximate surface area is 303 Å². The first-order valence-electron chi connectivity index (χ1n) is 14.1. The Morgan fingerprint density at radius 2 is 1.63 bits per heavy atom. The summed E-state index contributed by atoms with van der Waals surface area (Å²) in [6.07, 6.45) is 11.0. The first-order chi connectivity index (χ1) is 22.6. The van der Waals surface area contributed by atoms with Crippen molar-refractivity contribution in [2.24, 2.45) is 0 Å². The van der Waals surface area contributed by atoms with Crippen molar-refractivity contribution >= 4 is 71.2 Å². The average molecular weight is 788 g/mol. The number of terminal acetylenes is 1. The monoisotopic (exact) mass is 786 g/mol. The van der Waals surface area contributed by atoms with E-state index in [4.69, 9.17) is 60.4 Å². The zero-order valence-corrected chi connectivity index (χ0v) is 32.3. The van der Waals surface area contributed by atoms with Crippen LogP contribution in [0.4, 0.5) is 11.9 Å². The van der Waals surface area contributed by atoms with Crippen LogP contribution >= 0.6 is 42.4 Å². The summed E-state index contributed by atoms with van der Waals surface area (Å²) in [6, 6.07) is 2.96. The standard InChI is InChI=1S/C15H14Cl2N2O3.C7H12ClN5.C3H8NO5P.C3H9S/c1-5-6-21-12-8-11(9(16)7-10(12)17)19-14(20)22-13(18-19)15(2,3)4;1-3-9-6-11-5(8)12-7(13-6)10-4-2;5-3(6)1-4-2-10(7,8)9;1-4(2)3/h1,7-8H,6H2,2-4H3;3-4H2,1-2H3,(H2,9,10,11,12,13);4H,1-2H2,(H,5,6)(H2,7,8,9);1-3H3/q;;;+1/p-1. The van der Waals surface area contributed by atoms with Crippen LogP contribution in [0.25, 0.3) is 5.69 Å². The van der Waals surface area contributed by atoms with Crippen molar-refractivity contribution in [1.82, 2.24) is 30.0 Å². The quantitative estimate of drug-likeness (QED) is 0.106. The van der Waals surface area contributed by atoms with Crippen molar-refractivity contribution in [1.29, 1.82) is 0 Å². The molecule has 3 aromatic rings. The van der Waals surface area contributed by atoms with Gasteiger partial charge in [0.15, 0.2) is 0 Å². The van der Waals surface area contributed by atoms with E-state index in [1.807, 2.05) is 39.9 Å². The van der Waals surface area contributed by atoms with E-state index < -0.39 is 37.6 Å². The van der Waals surface area contributed by atoms with Crippen LogP contribution in [-0.4, -0.2) is 92.0 Å². The molecule has 0 aliphatic carbocycles. The predicted octanol–water partition coefficient (Wildman–Crippen LogP) is 3.49. The molecule has 1 unspecified atom stereocenters. The lowest BCUT2D eigenvalue weighted by molar-refractivity contribution is -0.193. The van der Waals surface area contributed by atoms with Gasteiger partial charge in [-0.25, -0.2) is 4.79 Å². The van der Waals surface area contributed by atoms with E-state index in [0.29, 0.717) is 40.1 Å². The van der Waals surface area contributed by atoms with Gasteiger partial charge < -0.3 is 39.2 Å². The SMILES string of the molecule is C#CCOc1cc(-n2nc(C(C)(C)C)oc2=O)c(Cl)cc1Cl.CCNc1nc(Cl)nc(NCC)n1.C[S+](C)C.O=C(O)CNCP(=O)([O-])O. The third-order valence-corrected chi connectivity index (χ3v) is 5.99. The Morgan fingerprint density at radius 1 is 1.10 bits per heavy atom. The molecule has 0 spiro atoms. The van der Waals surface area contributed by atoms with Crippen molar-refractivity contribution in [2.45, 2.75) is 40.0 Å². The number of benzene rings is 1. The number of halogens is 3. The van der Waals surface area contributed by atoms with Crippen molar-refractivity contribution in [2.75, 3.05) is 61.9 Å². The molecule has 0 saturated heterocycles. The minimum absolute atomic E-state index is 0.0434. The summed E-state index contributed by atoms with van der Waals surface area (Å²) in [5, 5.41) is 20.8. The molecule has 1 atom stereocenters. The molecule has 49 heavy (non-hydrogen) atoms. The van der Waals surface area contributed by atoms with Crippen molar-refractivity contribution in [3.05, 3.63) is 43.9 Å². The van der Waals surface area contributed by atoms with Crippen molar-refractivity contribution < 1.29 is 33.4 Å². The molecule has 0 aliphatic rings. The number of rotatable bonds is 11. The summed E-state index contributed by atoms with van der Waals surface area (Å²) in [5.41, 5.74) is -0.103. The van der Waals surface area contributed by atoms with Crippen LogP contribution in [0.15, 0.2) is 21.3 Å². The topological polar surface area (TPSA) is 230 Å². The number of carboxylic acids is 1. The minimum atomic E-state index is -4.35. The highest BCUT2D eigenvalue weighted by Gasteiger charge is 2.24. The normalized spacial score (nSPS) is 11.7. The molecule has 0 aliphatic heterocycles. The number of aromatic nitrogens is 5. The lowest BCUT2D eigenvalue weighted by Gasteiger charge is -2.14. The number of anilines is 2. The van der Waals surface area contributed by atoms with Gasteiger partial charge in [-0.1, -0.05) is 49.9 Å². The molecule has 0 bridgehead atoms. The highest BCUT2D eigenvalue weighted by Crippen LogP contribution is 2.33. The van der Waals surface area contributed by atoms with Crippen LogP contribution in [0.1, 0.15) is 40.5 Å². The Balaban J connectivity index is 0.000000725. The van der Waals surface area contributed by atoms with E-state index in [9.17, 15) is 19.0 Å². The largest absolute Gasteiger partial charge is 0.778 e. The summed E-state index contributed by atoms with van der Waals surface area (Å²) < 4.78 is 21.5. The Bertz CT molecular complexity index is 1600. The van der Waals surface area contributed by atoms with E-state index in [-0.39, 0.29) is 21.9 Å². The zero-order chi connectivity index (χ0) is 37.9. The number of nitrogens with one attached hydrogen (secondary N) is 3. The van der Waals surface area contributed by atoms with Crippen LogP contribution in [-0.2, 0) is 25.7 Å². The molecule has 16 nitrogen and oxygen atoms in total. The minimum Gasteiger partial charge on any atom is -0.778 e. The van der Waals surface area contributed by atoms with Gasteiger partial charge in [0.1, 0.15) is 20.0 Å². The van der Waals surface area contributed by atoms with E-state index in [2.05, 4.69) is 55.4 Å². The number of nitrogens with zero attached hydrogens (tertiary/aromatic N) is 5. The fourth-order valence-electron chi connectivity index (χ4n) is 2.77. The van der Waals surface area contributed by atoms with E-state index in [0.717, 1.165) is 17.8 Å². The van der Waals surface area contributed by atoms with Crippen molar-refractivity contribution in [3.63, 3.8) is 0 Å². The summed E-state index contributed by atoms with van der Waals surface area (Å²) in [4.78, 5) is 51.7. The van der Waals surface area contributed by atoms with Crippen LogP contribution in [0.2, 0.25) is 15.3 Å². The van der Waals surface area contributed by atoms with Crippen molar-refractivity contribution in [3.8, 4) is 23.8 Å². The lowest BCUT2D eigenvalue weighted by atomic mass is 9.97. The smallest absolute Gasteiger partial charge is 0.442 e. The molecule has 2 aromatic heterocycles. The molecule has 0 fully saturated rings. The second-order valence-electron chi connectivity index (χ2n) is 10.7. The maximum absolute atomic E-state index is 12.0. The fourth-order valence-corrected chi connectivity index (χ4v) is 3.84. The molecular weight excluding hydrogens is 746 g/mol. The second-order valence-corrected chi connectivity index (χ2v) is 15.9. The third kappa shape index (κ3) is 20.3.